The van der Waals surface area contributed by atoms with E-state index in [9.17, 15) is 4.79 Å². The zero-order valence-corrected chi connectivity index (χ0v) is 13.5. The average Bonchev–Trinajstić information content (AvgIpc) is 2.96. The normalized spacial score (nSPS) is 11.8. The summed E-state index contributed by atoms with van der Waals surface area (Å²) in [5.74, 6) is 0.0951. The van der Waals surface area contributed by atoms with Crippen LogP contribution in [-0.4, -0.2) is 22.0 Å². The summed E-state index contributed by atoms with van der Waals surface area (Å²) >= 11 is 0. The highest BCUT2D eigenvalue weighted by atomic mass is 16.7. The van der Waals surface area contributed by atoms with Crippen LogP contribution >= 0.6 is 0 Å². The lowest BCUT2D eigenvalue weighted by Gasteiger charge is -2.16. The van der Waals surface area contributed by atoms with Gasteiger partial charge in [-0.25, -0.2) is 9.48 Å². The topological polar surface area (TPSA) is 53.4 Å². The second-order valence-electron chi connectivity index (χ2n) is 5.33. The number of rotatable bonds is 5. The lowest BCUT2D eigenvalue weighted by Crippen LogP contribution is -2.22. The molecule has 0 saturated heterocycles. The Morgan fingerprint density at radius 2 is 1.67 bits per heavy atom. The summed E-state index contributed by atoms with van der Waals surface area (Å²) in [5, 5.41) is 4.42. The molecule has 1 atom stereocenters. The van der Waals surface area contributed by atoms with Crippen molar-refractivity contribution in [3.63, 3.8) is 0 Å². The first kappa shape index (κ1) is 15.8. The van der Waals surface area contributed by atoms with E-state index in [-0.39, 0.29) is 0 Å². The third kappa shape index (κ3) is 3.63. The molecule has 0 bridgehead atoms. The van der Waals surface area contributed by atoms with Crippen LogP contribution in [0, 0.1) is 6.92 Å². The Morgan fingerprint density at radius 3 is 2.33 bits per heavy atom. The monoisotopic (exact) mass is 322 g/mol. The summed E-state index contributed by atoms with van der Waals surface area (Å²) in [5.41, 5.74) is 2.18. The molecule has 1 aromatic heterocycles. The molecule has 24 heavy (non-hydrogen) atoms. The summed E-state index contributed by atoms with van der Waals surface area (Å²) in [6.07, 6.45) is -0.740. The van der Waals surface area contributed by atoms with Crippen molar-refractivity contribution in [1.82, 2.24) is 9.78 Å². The number of aromatic nitrogens is 2. The van der Waals surface area contributed by atoms with Gasteiger partial charge in [-0.2, -0.15) is 5.10 Å². The number of ether oxygens (including phenoxy) is 2. The first-order valence-electron chi connectivity index (χ1n) is 7.68. The maximum absolute atomic E-state index is 12.1. The molecule has 122 valence electrons. The van der Waals surface area contributed by atoms with E-state index in [1.165, 1.54) is 0 Å². The quantitative estimate of drug-likeness (QED) is 0.530. The van der Waals surface area contributed by atoms with Gasteiger partial charge in [0.25, 0.3) is 0 Å². The molecule has 1 heterocycles. The van der Waals surface area contributed by atoms with Gasteiger partial charge < -0.3 is 9.47 Å². The fraction of sp³-hybridized carbons (Fsp3) is 0.158. The molecule has 0 saturated carbocycles. The summed E-state index contributed by atoms with van der Waals surface area (Å²) in [6, 6.07) is 20.3. The standard InChI is InChI=1S/C19H18N2O3/c1-14-13-18(21(20-14)17-11-7-4-8-12-17)23-15(2)24-19(22)16-9-5-3-6-10-16/h3-13,15H,1-2H3. The number of benzene rings is 2. The molecule has 0 N–H and O–H groups in total. The smallest absolute Gasteiger partial charge is 0.341 e. The van der Waals surface area contributed by atoms with Crippen LogP contribution < -0.4 is 4.74 Å². The molecule has 2 aromatic carbocycles. The van der Waals surface area contributed by atoms with Crippen LogP contribution in [0.4, 0.5) is 0 Å². The zero-order chi connectivity index (χ0) is 16.9. The Morgan fingerprint density at radius 1 is 1.04 bits per heavy atom. The Balaban J connectivity index is 1.73. The highest BCUT2D eigenvalue weighted by Crippen LogP contribution is 2.20. The second-order valence-corrected chi connectivity index (χ2v) is 5.33. The number of carbonyl (C=O) groups is 1. The summed E-state index contributed by atoms with van der Waals surface area (Å²) < 4.78 is 12.8. The lowest BCUT2D eigenvalue weighted by atomic mass is 10.2. The fourth-order valence-electron chi connectivity index (χ4n) is 2.30. The van der Waals surface area contributed by atoms with Crippen molar-refractivity contribution in [2.45, 2.75) is 20.1 Å². The van der Waals surface area contributed by atoms with Gasteiger partial charge in [-0.3, -0.25) is 0 Å². The minimum Gasteiger partial charge on any atom is -0.438 e. The Labute approximate surface area is 140 Å². The molecule has 0 spiro atoms. The summed E-state index contributed by atoms with van der Waals surface area (Å²) in [7, 11) is 0. The highest BCUT2D eigenvalue weighted by molar-refractivity contribution is 5.89. The van der Waals surface area contributed by atoms with E-state index >= 15 is 0 Å². The lowest BCUT2D eigenvalue weighted by molar-refractivity contribution is -0.0402. The minimum absolute atomic E-state index is 0.425. The number of hydrogen-bond acceptors (Lipinski definition) is 4. The van der Waals surface area contributed by atoms with Gasteiger partial charge >= 0.3 is 5.97 Å². The molecule has 3 aromatic rings. The van der Waals surface area contributed by atoms with Gasteiger partial charge in [-0.1, -0.05) is 36.4 Å². The summed E-state index contributed by atoms with van der Waals surface area (Å²) in [6.45, 7) is 3.56. The van der Waals surface area contributed by atoms with Gasteiger partial charge in [0.05, 0.1) is 16.9 Å². The molecule has 1 unspecified atom stereocenters. The molecule has 0 radical (unpaired) electrons. The average molecular weight is 322 g/mol. The fourth-order valence-corrected chi connectivity index (χ4v) is 2.30. The van der Waals surface area contributed by atoms with Gasteiger partial charge in [0.15, 0.2) is 0 Å². The molecule has 5 nitrogen and oxygen atoms in total. The molecule has 0 fully saturated rings. The molecule has 0 aliphatic heterocycles. The van der Waals surface area contributed by atoms with Crippen molar-refractivity contribution in [1.29, 1.82) is 0 Å². The van der Waals surface area contributed by atoms with Crippen LogP contribution in [0.5, 0.6) is 5.88 Å². The van der Waals surface area contributed by atoms with Crippen molar-refractivity contribution in [2.75, 3.05) is 0 Å². The van der Waals surface area contributed by atoms with Crippen LogP contribution in [-0.2, 0) is 4.74 Å². The van der Waals surface area contributed by atoms with Crippen LogP contribution in [0.2, 0.25) is 0 Å². The van der Waals surface area contributed by atoms with Crippen LogP contribution in [0.1, 0.15) is 23.0 Å². The van der Waals surface area contributed by atoms with Crippen molar-refractivity contribution < 1.29 is 14.3 Å². The van der Waals surface area contributed by atoms with E-state index in [1.807, 2.05) is 43.3 Å². The molecule has 5 heteroatoms. The zero-order valence-electron chi connectivity index (χ0n) is 13.5. The van der Waals surface area contributed by atoms with Gasteiger partial charge in [0.1, 0.15) is 0 Å². The van der Waals surface area contributed by atoms with Crippen LogP contribution in [0.25, 0.3) is 5.69 Å². The van der Waals surface area contributed by atoms with E-state index in [1.54, 1.807) is 41.9 Å². The van der Waals surface area contributed by atoms with E-state index in [0.29, 0.717) is 11.4 Å². The van der Waals surface area contributed by atoms with Gasteiger partial charge in [0.2, 0.25) is 12.2 Å². The maximum atomic E-state index is 12.1. The molecule has 0 amide bonds. The largest absolute Gasteiger partial charge is 0.438 e. The van der Waals surface area contributed by atoms with Crippen molar-refractivity contribution in [3.8, 4) is 11.6 Å². The predicted molar refractivity (Wildman–Crippen MR) is 90.2 cm³/mol. The second kappa shape index (κ2) is 7.00. The molecule has 0 aliphatic rings. The van der Waals surface area contributed by atoms with Gasteiger partial charge in [-0.05, 0) is 31.2 Å². The molecular formula is C19H18N2O3. The molecule has 3 rings (SSSR count). The number of hydrogen-bond donors (Lipinski definition) is 0. The molecule has 0 aliphatic carbocycles. The molecular weight excluding hydrogens is 304 g/mol. The number of aryl methyl sites for hydroxylation is 1. The third-order valence-electron chi connectivity index (χ3n) is 3.37. The Kier molecular flexibility index (Phi) is 4.61. The Bertz CT molecular complexity index is 813. The van der Waals surface area contributed by atoms with Crippen molar-refractivity contribution >= 4 is 5.97 Å². The van der Waals surface area contributed by atoms with Crippen molar-refractivity contribution in [3.05, 3.63) is 78.0 Å². The highest BCUT2D eigenvalue weighted by Gasteiger charge is 2.16. The van der Waals surface area contributed by atoms with Gasteiger partial charge in [0, 0.05) is 13.0 Å². The predicted octanol–water partition coefficient (Wildman–Crippen LogP) is 3.76. The van der Waals surface area contributed by atoms with Crippen molar-refractivity contribution in [2.24, 2.45) is 0 Å². The van der Waals surface area contributed by atoms with E-state index in [2.05, 4.69) is 5.10 Å². The third-order valence-corrected chi connectivity index (χ3v) is 3.37. The number of esters is 1. The van der Waals surface area contributed by atoms with E-state index < -0.39 is 12.3 Å². The van der Waals surface area contributed by atoms with Crippen LogP contribution in [0.3, 0.4) is 0 Å². The van der Waals surface area contributed by atoms with Gasteiger partial charge in [-0.15, -0.1) is 0 Å². The summed E-state index contributed by atoms with van der Waals surface area (Å²) in [4.78, 5) is 12.1. The number of nitrogens with zero attached hydrogens (tertiary/aromatic N) is 2. The van der Waals surface area contributed by atoms with E-state index in [0.717, 1.165) is 11.4 Å². The van der Waals surface area contributed by atoms with Crippen LogP contribution in [0.15, 0.2) is 66.7 Å². The first-order chi connectivity index (χ1) is 11.6. The minimum atomic E-state index is -0.740. The number of para-hydroxylation sites is 1. The number of carbonyl (C=O) groups excluding carboxylic acids is 1. The first-order valence-corrected chi connectivity index (χ1v) is 7.68. The SMILES string of the molecule is Cc1cc(OC(C)OC(=O)c2ccccc2)n(-c2ccccc2)n1. The Hall–Kier alpha value is -3.08. The van der Waals surface area contributed by atoms with E-state index in [4.69, 9.17) is 9.47 Å². The maximum Gasteiger partial charge on any atom is 0.341 e.